The number of carbonyl (C=O) groups is 2. The molecule has 0 radical (unpaired) electrons. The number of nitrogens with two attached hydrogens (primary N) is 1. The molecule has 1 aromatic carbocycles. The van der Waals surface area contributed by atoms with Crippen molar-refractivity contribution < 1.29 is 14.3 Å². The fourth-order valence-corrected chi connectivity index (χ4v) is 3.04. The van der Waals surface area contributed by atoms with Crippen LogP contribution in [0.5, 0.6) is 5.75 Å². The fraction of sp³-hybridized carbons (Fsp3) is 0.500. The molecule has 5 nitrogen and oxygen atoms in total. The van der Waals surface area contributed by atoms with Crippen LogP contribution < -0.4 is 10.5 Å². The standard InChI is InChI=1S/C16H22N2O3/c1-10-6-11(2)9-18(8-10)16(20)14-7-12(21-3)4-5-13(14)15(17)19/h4-5,7,10-11H,6,8-9H2,1-3H3,(H2,17,19)/t10-,11+. The minimum absolute atomic E-state index is 0.152. The Morgan fingerprint density at radius 2 is 1.81 bits per heavy atom. The molecule has 0 bridgehead atoms. The summed E-state index contributed by atoms with van der Waals surface area (Å²) in [5.74, 6) is 0.710. The normalized spacial score (nSPS) is 22.0. The second-order valence-corrected chi connectivity index (χ2v) is 5.93. The van der Waals surface area contributed by atoms with E-state index in [1.807, 2.05) is 0 Å². The van der Waals surface area contributed by atoms with Crippen LogP contribution in [0.2, 0.25) is 0 Å². The van der Waals surface area contributed by atoms with Crippen LogP contribution >= 0.6 is 0 Å². The van der Waals surface area contributed by atoms with Crippen LogP contribution in [0.3, 0.4) is 0 Å². The van der Waals surface area contributed by atoms with E-state index in [4.69, 9.17) is 10.5 Å². The molecule has 1 aromatic rings. The number of ether oxygens (including phenoxy) is 1. The molecule has 0 saturated carbocycles. The predicted octanol–water partition coefficient (Wildman–Crippen LogP) is 1.91. The van der Waals surface area contributed by atoms with Gasteiger partial charge in [0, 0.05) is 13.1 Å². The van der Waals surface area contributed by atoms with Crippen molar-refractivity contribution in [1.82, 2.24) is 4.90 Å². The van der Waals surface area contributed by atoms with E-state index in [1.165, 1.54) is 7.11 Å². The molecular formula is C16H22N2O3. The molecule has 0 aliphatic carbocycles. The second-order valence-electron chi connectivity index (χ2n) is 5.93. The fourth-order valence-electron chi connectivity index (χ4n) is 3.04. The van der Waals surface area contributed by atoms with Gasteiger partial charge < -0.3 is 15.4 Å². The number of hydrogen-bond donors (Lipinski definition) is 1. The summed E-state index contributed by atoms with van der Waals surface area (Å²) in [6, 6.07) is 4.77. The molecule has 1 fully saturated rings. The number of benzene rings is 1. The van der Waals surface area contributed by atoms with Crippen molar-refractivity contribution in [3.8, 4) is 5.75 Å². The maximum Gasteiger partial charge on any atom is 0.254 e. The van der Waals surface area contributed by atoms with E-state index < -0.39 is 5.91 Å². The van der Waals surface area contributed by atoms with Crippen molar-refractivity contribution in [2.24, 2.45) is 17.6 Å². The zero-order valence-electron chi connectivity index (χ0n) is 12.8. The highest BCUT2D eigenvalue weighted by Gasteiger charge is 2.28. The van der Waals surface area contributed by atoms with E-state index in [0.29, 0.717) is 36.2 Å². The first-order chi connectivity index (χ1) is 9.92. The van der Waals surface area contributed by atoms with E-state index in [2.05, 4.69) is 13.8 Å². The van der Waals surface area contributed by atoms with Crippen molar-refractivity contribution in [1.29, 1.82) is 0 Å². The Kier molecular flexibility index (Phi) is 4.50. The van der Waals surface area contributed by atoms with E-state index in [-0.39, 0.29) is 11.5 Å². The average molecular weight is 290 g/mol. The van der Waals surface area contributed by atoms with Gasteiger partial charge in [-0.1, -0.05) is 13.8 Å². The molecule has 0 spiro atoms. The minimum atomic E-state index is -0.598. The molecule has 1 saturated heterocycles. The second kappa shape index (κ2) is 6.16. The summed E-state index contributed by atoms with van der Waals surface area (Å²) in [7, 11) is 1.53. The number of rotatable bonds is 3. The minimum Gasteiger partial charge on any atom is -0.497 e. The highest BCUT2D eigenvalue weighted by atomic mass is 16.5. The van der Waals surface area contributed by atoms with Gasteiger partial charge in [-0.3, -0.25) is 9.59 Å². The van der Waals surface area contributed by atoms with Crippen molar-refractivity contribution in [3.05, 3.63) is 29.3 Å². The largest absolute Gasteiger partial charge is 0.497 e. The Hall–Kier alpha value is -2.04. The van der Waals surface area contributed by atoms with Gasteiger partial charge in [0.1, 0.15) is 5.75 Å². The quantitative estimate of drug-likeness (QED) is 0.924. The number of nitrogens with zero attached hydrogens (tertiary/aromatic N) is 1. The average Bonchev–Trinajstić information content (AvgIpc) is 2.44. The molecule has 1 aliphatic rings. The molecule has 2 atom stereocenters. The summed E-state index contributed by atoms with van der Waals surface area (Å²) in [6.45, 7) is 5.68. The van der Waals surface area contributed by atoms with Crippen LogP contribution in [0.25, 0.3) is 0 Å². The summed E-state index contributed by atoms with van der Waals surface area (Å²) in [5, 5.41) is 0. The van der Waals surface area contributed by atoms with Gasteiger partial charge in [-0.25, -0.2) is 0 Å². The van der Waals surface area contributed by atoms with Crippen molar-refractivity contribution >= 4 is 11.8 Å². The lowest BCUT2D eigenvalue weighted by molar-refractivity contribution is 0.0619. The molecule has 1 aliphatic heterocycles. The van der Waals surface area contributed by atoms with E-state index in [1.54, 1.807) is 23.1 Å². The summed E-state index contributed by atoms with van der Waals surface area (Å²) in [6.07, 6.45) is 1.12. The SMILES string of the molecule is COc1ccc(C(N)=O)c(C(=O)N2C[C@H](C)C[C@H](C)C2)c1. The number of carbonyl (C=O) groups excluding carboxylic acids is 2. The zero-order valence-corrected chi connectivity index (χ0v) is 12.8. The molecule has 0 unspecified atom stereocenters. The first-order valence-corrected chi connectivity index (χ1v) is 7.19. The van der Waals surface area contributed by atoms with Crippen LogP contribution in [0.4, 0.5) is 0 Å². The van der Waals surface area contributed by atoms with E-state index in [9.17, 15) is 9.59 Å². The summed E-state index contributed by atoms with van der Waals surface area (Å²) >= 11 is 0. The molecule has 2 N–H and O–H groups in total. The van der Waals surface area contributed by atoms with Gasteiger partial charge in [-0.05, 0) is 36.5 Å². The summed E-state index contributed by atoms with van der Waals surface area (Å²) < 4.78 is 5.15. The van der Waals surface area contributed by atoms with Crippen LogP contribution in [0, 0.1) is 11.8 Å². The number of amides is 2. The van der Waals surface area contributed by atoms with Gasteiger partial charge in [-0.2, -0.15) is 0 Å². The van der Waals surface area contributed by atoms with Gasteiger partial charge in [0.25, 0.3) is 5.91 Å². The predicted molar refractivity (Wildman–Crippen MR) is 80.4 cm³/mol. The van der Waals surface area contributed by atoms with Crippen LogP contribution in [0.15, 0.2) is 18.2 Å². The third kappa shape index (κ3) is 3.35. The number of hydrogen-bond acceptors (Lipinski definition) is 3. The van der Waals surface area contributed by atoms with Crippen LogP contribution in [-0.4, -0.2) is 36.9 Å². The highest BCUT2D eigenvalue weighted by Crippen LogP contribution is 2.25. The lowest BCUT2D eigenvalue weighted by atomic mass is 9.91. The molecule has 21 heavy (non-hydrogen) atoms. The Morgan fingerprint density at radius 1 is 1.19 bits per heavy atom. The molecule has 0 aromatic heterocycles. The third-order valence-corrected chi connectivity index (χ3v) is 3.88. The van der Waals surface area contributed by atoms with Gasteiger partial charge in [-0.15, -0.1) is 0 Å². The number of methoxy groups -OCH3 is 1. The lowest BCUT2D eigenvalue weighted by Crippen LogP contribution is -2.43. The van der Waals surface area contributed by atoms with Crippen LogP contribution in [-0.2, 0) is 0 Å². The third-order valence-electron chi connectivity index (χ3n) is 3.88. The Bertz CT molecular complexity index is 546. The molecular weight excluding hydrogens is 268 g/mol. The Labute approximate surface area is 125 Å². The Balaban J connectivity index is 2.35. The summed E-state index contributed by atoms with van der Waals surface area (Å²) in [4.78, 5) is 26.1. The molecule has 114 valence electrons. The molecule has 1 heterocycles. The number of piperidine rings is 1. The van der Waals surface area contributed by atoms with E-state index >= 15 is 0 Å². The number of primary amides is 1. The molecule has 2 amide bonds. The molecule has 2 rings (SSSR count). The smallest absolute Gasteiger partial charge is 0.254 e. The van der Waals surface area contributed by atoms with Crippen LogP contribution in [0.1, 0.15) is 41.0 Å². The maximum atomic E-state index is 12.7. The lowest BCUT2D eigenvalue weighted by Gasteiger charge is -2.35. The van der Waals surface area contributed by atoms with Crippen molar-refractivity contribution in [3.63, 3.8) is 0 Å². The topological polar surface area (TPSA) is 72.6 Å². The van der Waals surface area contributed by atoms with Gasteiger partial charge in [0.05, 0.1) is 18.2 Å². The first-order valence-electron chi connectivity index (χ1n) is 7.19. The number of likely N-dealkylation sites (tertiary alicyclic amines) is 1. The van der Waals surface area contributed by atoms with Crippen molar-refractivity contribution in [2.75, 3.05) is 20.2 Å². The summed E-state index contributed by atoms with van der Waals surface area (Å²) in [5.41, 5.74) is 5.94. The van der Waals surface area contributed by atoms with E-state index in [0.717, 1.165) is 6.42 Å². The highest BCUT2D eigenvalue weighted by molar-refractivity contribution is 6.07. The maximum absolute atomic E-state index is 12.7. The van der Waals surface area contributed by atoms with Gasteiger partial charge in [0.15, 0.2) is 0 Å². The zero-order chi connectivity index (χ0) is 15.6. The first kappa shape index (κ1) is 15.4. The van der Waals surface area contributed by atoms with Gasteiger partial charge >= 0.3 is 0 Å². The Morgan fingerprint density at radius 3 is 2.33 bits per heavy atom. The van der Waals surface area contributed by atoms with Crippen molar-refractivity contribution in [2.45, 2.75) is 20.3 Å². The van der Waals surface area contributed by atoms with Gasteiger partial charge in [0.2, 0.25) is 5.91 Å². The monoisotopic (exact) mass is 290 g/mol. The molecule has 5 heteroatoms.